The van der Waals surface area contributed by atoms with Crippen LogP contribution in [0.1, 0.15) is 6.42 Å². The average molecular weight is 221 g/mol. The molecular formula is C12H19N3O. The van der Waals surface area contributed by atoms with Gasteiger partial charge in [0.1, 0.15) is 5.84 Å². The van der Waals surface area contributed by atoms with E-state index in [1.807, 2.05) is 4.90 Å². The maximum atomic E-state index is 9.67. The molecule has 0 fully saturated rings. The van der Waals surface area contributed by atoms with Crippen molar-refractivity contribution in [3.63, 3.8) is 0 Å². The molecule has 0 saturated heterocycles. The number of aliphatic hydroxyl groups is 1. The molecule has 4 heteroatoms. The first-order valence-electron chi connectivity index (χ1n) is 5.27. The van der Waals surface area contributed by atoms with Crippen molar-refractivity contribution in [2.75, 3.05) is 6.54 Å². The van der Waals surface area contributed by atoms with E-state index in [2.05, 4.69) is 24.7 Å². The third kappa shape index (κ3) is 2.59. The molecule has 0 amide bonds. The third-order valence-corrected chi connectivity index (χ3v) is 2.59. The number of hydrogen-bond donors (Lipinski definition) is 2. The monoisotopic (exact) mass is 221 g/mol. The molecule has 16 heavy (non-hydrogen) atoms. The van der Waals surface area contributed by atoms with Crippen molar-refractivity contribution < 1.29 is 5.11 Å². The second-order valence-corrected chi connectivity index (χ2v) is 3.71. The van der Waals surface area contributed by atoms with Crippen LogP contribution in [0.5, 0.6) is 0 Å². The molecule has 3 unspecified atom stereocenters. The number of nitrogens with two attached hydrogens (primary N) is 1. The molecule has 0 bridgehead atoms. The van der Waals surface area contributed by atoms with Gasteiger partial charge in [0.2, 0.25) is 0 Å². The summed E-state index contributed by atoms with van der Waals surface area (Å²) in [6.07, 6.45) is 4.64. The first kappa shape index (κ1) is 12.7. The van der Waals surface area contributed by atoms with E-state index in [9.17, 15) is 5.11 Å². The summed E-state index contributed by atoms with van der Waals surface area (Å²) < 4.78 is 0. The minimum absolute atomic E-state index is 0.196. The average Bonchev–Trinajstić information content (AvgIpc) is 2.71. The minimum Gasteiger partial charge on any atom is -0.387 e. The van der Waals surface area contributed by atoms with Gasteiger partial charge in [-0.15, -0.1) is 13.2 Å². The van der Waals surface area contributed by atoms with Crippen LogP contribution < -0.4 is 5.73 Å². The van der Waals surface area contributed by atoms with Gasteiger partial charge in [-0.1, -0.05) is 24.8 Å². The fourth-order valence-corrected chi connectivity index (χ4v) is 1.67. The number of amidine groups is 1. The molecule has 0 aromatic rings. The van der Waals surface area contributed by atoms with Gasteiger partial charge >= 0.3 is 0 Å². The first-order chi connectivity index (χ1) is 7.63. The largest absolute Gasteiger partial charge is 0.387 e. The summed E-state index contributed by atoms with van der Waals surface area (Å²) >= 11 is 0. The number of aliphatic hydroxyl groups excluding tert-OH is 1. The Hall–Kier alpha value is -1.39. The summed E-state index contributed by atoms with van der Waals surface area (Å²) in [5, 5.41) is 9.67. The lowest BCUT2D eigenvalue weighted by Crippen LogP contribution is -2.44. The summed E-state index contributed by atoms with van der Waals surface area (Å²) in [5.41, 5.74) is 5.89. The first-order valence-corrected chi connectivity index (χ1v) is 5.27. The second kappa shape index (κ2) is 5.63. The van der Waals surface area contributed by atoms with Crippen LogP contribution in [0.2, 0.25) is 0 Å². The van der Waals surface area contributed by atoms with Crippen LogP contribution in [-0.2, 0) is 0 Å². The van der Waals surface area contributed by atoms with Crippen LogP contribution >= 0.6 is 0 Å². The molecule has 0 radical (unpaired) electrons. The van der Waals surface area contributed by atoms with Gasteiger partial charge in [-0.2, -0.15) is 0 Å². The van der Waals surface area contributed by atoms with Crippen molar-refractivity contribution in [2.24, 2.45) is 10.7 Å². The number of hydrogen-bond acceptors (Lipinski definition) is 4. The lowest BCUT2D eigenvalue weighted by molar-refractivity contribution is 0.183. The van der Waals surface area contributed by atoms with Crippen molar-refractivity contribution in [2.45, 2.75) is 24.7 Å². The maximum Gasteiger partial charge on any atom is 0.105 e. The summed E-state index contributed by atoms with van der Waals surface area (Å²) in [6, 6.07) is -0.196. The Morgan fingerprint density at radius 3 is 2.69 bits per heavy atom. The molecule has 0 aromatic carbocycles. The Morgan fingerprint density at radius 2 is 2.19 bits per heavy atom. The zero-order chi connectivity index (χ0) is 12.1. The van der Waals surface area contributed by atoms with E-state index in [1.54, 1.807) is 12.2 Å². The fraction of sp³-hybridized carbons (Fsp3) is 0.417. The topological polar surface area (TPSA) is 61.9 Å². The van der Waals surface area contributed by atoms with Crippen molar-refractivity contribution >= 4 is 5.84 Å². The fourth-order valence-electron chi connectivity index (χ4n) is 1.67. The zero-order valence-corrected chi connectivity index (χ0v) is 9.42. The summed E-state index contributed by atoms with van der Waals surface area (Å²) in [4.78, 5) is 6.34. The SMILES string of the molecule is C=CCC1=NC(C(O)C=C)CN1C(N)C=C. The van der Waals surface area contributed by atoms with Crippen molar-refractivity contribution in [1.29, 1.82) is 0 Å². The Labute approximate surface area is 96.5 Å². The molecule has 3 N–H and O–H groups in total. The van der Waals surface area contributed by atoms with Crippen LogP contribution in [-0.4, -0.2) is 40.7 Å². The molecule has 0 aliphatic carbocycles. The van der Waals surface area contributed by atoms with Crippen LogP contribution in [0.25, 0.3) is 0 Å². The molecule has 3 atom stereocenters. The van der Waals surface area contributed by atoms with Gasteiger partial charge in [-0.3, -0.25) is 4.99 Å². The number of nitrogens with zero attached hydrogens (tertiary/aromatic N) is 2. The lowest BCUT2D eigenvalue weighted by Gasteiger charge is -2.25. The van der Waals surface area contributed by atoms with Gasteiger partial charge in [0, 0.05) is 13.0 Å². The van der Waals surface area contributed by atoms with E-state index >= 15 is 0 Å². The highest BCUT2D eigenvalue weighted by Crippen LogP contribution is 2.17. The quantitative estimate of drug-likeness (QED) is 0.648. The maximum absolute atomic E-state index is 9.67. The van der Waals surface area contributed by atoms with Gasteiger partial charge in [0.05, 0.1) is 18.3 Å². The van der Waals surface area contributed by atoms with Crippen molar-refractivity contribution in [3.8, 4) is 0 Å². The molecule has 0 spiro atoms. The summed E-state index contributed by atoms with van der Waals surface area (Å²) in [7, 11) is 0. The molecule has 88 valence electrons. The molecule has 1 rings (SSSR count). The number of rotatable bonds is 6. The molecule has 1 heterocycles. The molecule has 1 aliphatic heterocycles. The Balaban J connectivity index is 2.81. The zero-order valence-electron chi connectivity index (χ0n) is 9.42. The highest BCUT2D eigenvalue weighted by molar-refractivity contribution is 5.85. The molecule has 1 aliphatic rings. The normalized spacial score (nSPS) is 23.5. The Bertz CT molecular complexity index is 311. The van der Waals surface area contributed by atoms with Crippen LogP contribution in [0, 0.1) is 0 Å². The van der Waals surface area contributed by atoms with E-state index in [-0.39, 0.29) is 12.2 Å². The van der Waals surface area contributed by atoms with E-state index < -0.39 is 6.10 Å². The second-order valence-electron chi connectivity index (χ2n) is 3.71. The molecule has 4 nitrogen and oxygen atoms in total. The highest BCUT2D eigenvalue weighted by Gasteiger charge is 2.30. The Morgan fingerprint density at radius 1 is 1.50 bits per heavy atom. The molecular weight excluding hydrogens is 202 g/mol. The van der Waals surface area contributed by atoms with Gasteiger partial charge in [0.25, 0.3) is 0 Å². The molecule has 0 aromatic heterocycles. The van der Waals surface area contributed by atoms with E-state index in [0.29, 0.717) is 13.0 Å². The van der Waals surface area contributed by atoms with Crippen LogP contribution in [0.3, 0.4) is 0 Å². The number of aliphatic imine (C=N–C) groups is 1. The smallest absolute Gasteiger partial charge is 0.105 e. The van der Waals surface area contributed by atoms with Crippen molar-refractivity contribution in [1.82, 2.24) is 4.90 Å². The minimum atomic E-state index is -0.637. The van der Waals surface area contributed by atoms with Crippen LogP contribution in [0.15, 0.2) is 43.0 Å². The third-order valence-electron chi connectivity index (χ3n) is 2.59. The molecule has 0 saturated carbocycles. The highest BCUT2D eigenvalue weighted by atomic mass is 16.3. The summed E-state index contributed by atoms with van der Waals surface area (Å²) in [5.74, 6) is 0.841. The summed E-state index contributed by atoms with van der Waals surface area (Å²) in [6.45, 7) is 11.5. The van der Waals surface area contributed by atoms with E-state index in [1.165, 1.54) is 6.08 Å². The van der Waals surface area contributed by atoms with Gasteiger partial charge in [-0.25, -0.2) is 0 Å². The van der Waals surface area contributed by atoms with E-state index in [4.69, 9.17) is 5.73 Å². The Kier molecular flexibility index (Phi) is 4.46. The van der Waals surface area contributed by atoms with Gasteiger partial charge in [0.15, 0.2) is 0 Å². The van der Waals surface area contributed by atoms with Gasteiger partial charge in [-0.05, 0) is 0 Å². The van der Waals surface area contributed by atoms with Gasteiger partial charge < -0.3 is 15.7 Å². The van der Waals surface area contributed by atoms with Crippen molar-refractivity contribution in [3.05, 3.63) is 38.0 Å². The predicted molar refractivity (Wildman–Crippen MR) is 67.1 cm³/mol. The predicted octanol–water partition coefficient (Wildman–Crippen LogP) is 0.663. The van der Waals surface area contributed by atoms with E-state index in [0.717, 1.165) is 5.84 Å². The lowest BCUT2D eigenvalue weighted by atomic mass is 10.1. The van der Waals surface area contributed by atoms with Crippen LogP contribution in [0.4, 0.5) is 0 Å². The standard InChI is InChI=1S/C12H19N3O/c1-4-7-12-14-9(10(16)5-2)8-15(12)11(13)6-3/h4-6,9-11,16H,1-3,7-8,13H2.